The van der Waals surface area contributed by atoms with Crippen LogP contribution >= 0.6 is 0 Å². The van der Waals surface area contributed by atoms with Crippen LogP contribution in [0.3, 0.4) is 0 Å². The Hall–Kier alpha value is -2.35. The summed E-state index contributed by atoms with van der Waals surface area (Å²) >= 11 is 0. The summed E-state index contributed by atoms with van der Waals surface area (Å²) in [4.78, 5) is 12.0. The highest BCUT2D eigenvalue weighted by atomic mass is 19.4. The molecular formula is C18H21F3N4O. The van der Waals surface area contributed by atoms with Crippen molar-refractivity contribution in [3.05, 3.63) is 48.2 Å². The summed E-state index contributed by atoms with van der Waals surface area (Å²) in [6.07, 6.45) is -2.58. The van der Waals surface area contributed by atoms with Gasteiger partial charge in [-0.3, -0.25) is 4.90 Å². The van der Waals surface area contributed by atoms with E-state index in [1.165, 1.54) is 4.90 Å². The Morgan fingerprint density at radius 3 is 2.62 bits per heavy atom. The highest BCUT2D eigenvalue weighted by Gasteiger charge is 2.35. The van der Waals surface area contributed by atoms with Crippen molar-refractivity contribution in [3.63, 3.8) is 0 Å². The topological polar surface area (TPSA) is 41.5 Å². The Balaban J connectivity index is 1.60. The first-order valence-electron chi connectivity index (χ1n) is 8.46. The minimum Gasteiger partial charge on any atom is -0.473 e. The van der Waals surface area contributed by atoms with Gasteiger partial charge in [0.2, 0.25) is 11.8 Å². The van der Waals surface area contributed by atoms with E-state index in [0.717, 1.165) is 5.56 Å². The Kier molecular flexibility index (Phi) is 5.61. The lowest BCUT2D eigenvalue weighted by Gasteiger charge is -2.40. The quantitative estimate of drug-likeness (QED) is 0.813. The molecule has 8 heteroatoms. The maximum Gasteiger partial charge on any atom is 0.401 e. The van der Waals surface area contributed by atoms with Gasteiger partial charge in [-0.05, 0) is 12.5 Å². The molecule has 3 rings (SSSR count). The third-order valence-corrected chi connectivity index (χ3v) is 4.28. The lowest BCUT2D eigenvalue weighted by molar-refractivity contribution is -0.150. The molecule has 0 spiro atoms. The van der Waals surface area contributed by atoms with Crippen LogP contribution in [0, 0.1) is 0 Å². The second-order valence-corrected chi connectivity index (χ2v) is 6.35. The fourth-order valence-corrected chi connectivity index (χ4v) is 2.94. The van der Waals surface area contributed by atoms with Crippen LogP contribution in [0.5, 0.6) is 5.88 Å². The van der Waals surface area contributed by atoms with Crippen molar-refractivity contribution in [2.24, 2.45) is 0 Å². The van der Waals surface area contributed by atoms with E-state index in [1.807, 2.05) is 35.2 Å². The van der Waals surface area contributed by atoms with E-state index >= 15 is 0 Å². The van der Waals surface area contributed by atoms with Gasteiger partial charge in [0.1, 0.15) is 6.61 Å². The molecule has 1 aromatic heterocycles. The average molecular weight is 366 g/mol. The SMILES string of the molecule is CC1CN(c2nccc(OCc3ccccc3)n2)CCN1CC(F)(F)F. The van der Waals surface area contributed by atoms with Gasteiger partial charge in [-0.15, -0.1) is 0 Å². The summed E-state index contributed by atoms with van der Waals surface area (Å²) in [5.74, 6) is 0.929. The van der Waals surface area contributed by atoms with Crippen LogP contribution in [-0.2, 0) is 6.61 Å². The van der Waals surface area contributed by atoms with Crippen LogP contribution in [0.25, 0.3) is 0 Å². The number of hydrogen-bond acceptors (Lipinski definition) is 5. The number of ether oxygens (including phenoxy) is 1. The Morgan fingerprint density at radius 2 is 1.92 bits per heavy atom. The van der Waals surface area contributed by atoms with Gasteiger partial charge in [0.25, 0.3) is 0 Å². The molecule has 140 valence electrons. The predicted octanol–water partition coefficient (Wildman–Crippen LogP) is 3.13. The van der Waals surface area contributed by atoms with Crippen molar-refractivity contribution in [3.8, 4) is 5.88 Å². The molecular weight excluding hydrogens is 345 g/mol. The smallest absolute Gasteiger partial charge is 0.401 e. The lowest BCUT2D eigenvalue weighted by atomic mass is 10.2. The summed E-state index contributed by atoms with van der Waals surface area (Å²) in [7, 11) is 0. The summed E-state index contributed by atoms with van der Waals surface area (Å²) < 4.78 is 43.5. The number of benzene rings is 1. The van der Waals surface area contributed by atoms with Crippen LogP contribution in [0.2, 0.25) is 0 Å². The van der Waals surface area contributed by atoms with Crippen LogP contribution in [-0.4, -0.2) is 53.3 Å². The molecule has 0 saturated carbocycles. The first kappa shape index (κ1) is 18.4. The number of anilines is 1. The van der Waals surface area contributed by atoms with Crippen molar-refractivity contribution in [1.82, 2.24) is 14.9 Å². The van der Waals surface area contributed by atoms with Gasteiger partial charge in [0, 0.05) is 37.9 Å². The molecule has 0 aliphatic carbocycles. The molecule has 1 aliphatic heterocycles. The van der Waals surface area contributed by atoms with Crippen LogP contribution < -0.4 is 9.64 Å². The van der Waals surface area contributed by atoms with E-state index in [-0.39, 0.29) is 6.04 Å². The van der Waals surface area contributed by atoms with Crippen molar-refractivity contribution >= 4 is 5.95 Å². The van der Waals surface area contributed by atoms with E-state index in [2.05, 4.69) is 9.97 Å². The zero-order chi connectivity index (χ0) is 18.6. The zero-order valence-corrected chi connectivity index (χ0v) is 14.5. The fraction of sp³-hybridized carbons (Fsp3) is 0.444. The first-order chi connectivity index (χ1) is 12.4. The summed E-state index contributed by atoms with van der Waals surface area (Å²) in [6, 6.07) is 11.2. The number of rotatable bonds is 5. The summed E-state index contributed by atoms with van der Waals surface area (Å²) in [5.41, 5.74) is 1.03. The summed E-state index contributed by atoms with van der Waals surface area (Å²) in [6.45, 7) is 2.50. The van der Waals surface area contributed by atoms with Gasteiger partial charge in [-0.25, -0.2) is 4.98 Å². The van der Waals surface area contributed by atoms with E-state index in [4.69, 9.17) is 4.74 Å². The van der Waals surface area contributed by atoms with E-state index in [9.17, 15) is 13.2 Å². The third-order valence-electron chi connectivity index (χ3n) is 4.28. The largest absolute Gasteiger partial charge is 0.473 e. The third kappa shape index (κ3) is 5.08. The van der Waals surface area contributed by atoms with Gasteiger partial charge < -0.3 is 9.64 Å². The van der Waals surface area contributed by atoms with Gasteiger partial charge in [-0.2, -0.15) is 18.2 Å². The second-order valence-electron chi connectivity index (χ2n) is 6.35. The Bertz CT molecular complexity index is 711. The maximum atomic E-state index is 12.6. The monoisotopic (exact) mass is 366 g/mol. The molecule has 0 radical (unpaired) electrons. The normalized spacial score (nSPS) is 18.8. The summed E-state index contributed by atoms with van der Waals surface area (Å²) in [5, 5.41) is 0. The first-order valence-corrected chi connectivity index (χ1v) is 8.46. The van der Waals surface area contributed by atoms with Crippen molar-refractivity contribution in [2.45, 2.75) is 25.7 Å². The van der Waals surface area contributed by atoms with Gasteiger partial charge in [-0.1, -0.05) is 30.3 Å². The molecule has 2 heterocycles. The number of alkyl halides is 3. The van der Waals surface area contributed by atoms with Gasteiger partial charge >= 0.3 is 6.18 Å². The fourth-order valence-electron chi connectivity index (χ4n) is 2.94. The maximum absolute atomic E-state index is 12.6. The standard InChI is InChI=1S/C18H21F3N4O/c1-14-11-24(9-10-25(14)13-18(19,20)21)17-22-8-7-16(23-17)26-12-15-5-3-2-4-6-15/h2-8,14H,9-13H2,1H3. The predicted molar refractivity (Wildman–Crippen MR) is 92.1 cm³/mol. The zero-order valence-electron chi connectivity index (χ0n) is 14.5. The van der Waals surface area contributed by atoms with Gasteiger partial charge in [0.15, 0.2) is 0 Å². The number of piperazine rings is 1. The van der Waals surface area contributed by atoms with Crippen LogP contribution in [0.1, 0.15) is 12.5 Å². The van der Waals surface area contributed by atoms with Crippen molar-refractivity contribution in [1.29, 1.82) is 0 Å². The Morgan fingerprint density at radius 1 is 1.15 bits per heavy atom. The lowest BCUT2D eigenvalue weighted by Crippen LogP contribution is -2.54. The van der Waals surface area contributed by atoms with E-state index in [0.29, 0.717) is 38.1 Å². The molecule has 1 atom stereocenters. The minimum absolute atomic E-state index is 0.233. The molecule has 1 aliphatic rings. The van der Waals surface area contributed by atoms with Crippen molar-refractivity contribution < 1.29 is 17.9 Å². The van der Waals surface area contributed by atoms with Gasteiger partial charge in [0.05, 0.1) is 6.54 Å². The molecule has 2 aromatic rings. The number of hydrogen-bond donors (Lipinski definition) is 0. The number of halogens is 3. The molecule has 1 unspecified atom stereocenters. The molecule has 1 saturated heterocycles. The number of nitrogens with zero attached hydrogens (tertiary/aromatic N) is 4. The molecule has 1 aromatic carbocycles. The minimum atomic E-state index is -4.18. The molecule has 0 bridgehead atoms. The van der Waals surface area contributed by atoms with E-state index in [1.54, 1.807) is 19.2 Å². The molecule has 5 nitrogen and oxygen atoms in total. The highest BCUT2D eigenvalue weighted by Crippen LogP contribution is 2.22. The number of aromatic nitrogens is 2. The molecule has 1 fully saturated rings. The molecule has 0 amide bonds. The van der Waals surface area contributed by atoms with E-state index < -0.39 is 12.7 Å². The second kappa shape index (κ2) is 7.90. The average Bonchev–Trinajstić information content (AvgIpc) is 2.62. The Labute approximate surface area is 150 Å². The molecule has 0 N–H and O–H groups in total. The van der Waals surface area contributed by atoms with Crippen LogP contribution in [0.15, 0.2) is 42.6 Å². The molecule has 26 heavy (non-hydrogen) atoms. The highest BCUT2D eigenvalue weighted by molar-refractivity contribution is 5.33. The van der Waals surface area contributed by atoms with Crippen LogP contribution in [0.4, 0.5) is 19.1 Å². The van der Waals surface area contributed by atoms with Crippen molar-refractivity contribution in [2.75, 3.05) is 31.1 Å².